The number of hydrogen-bond donors (Lipinski definition) is 1. The second kappa shape index (κ2) is 3.36. The molecule has 0 aliphatic carbocycles. The van der Waals surface area contributed by atoms with Gasteiger partial charge in [0.1, 0.15) is 5.01 Å². The molecular formula is C9H14N2OS. The molecule has 1 aromatic rings. The Hall–Kier alpha value is -0.450. The van der Waals surface area contributed by atoms with Gasteiger partial charge in [0, 0.05) is 17.7 Å². The molecule has 0 aromatic carbocycles. The van der Waals surface area contributed by atoms with Gasteiger partial charge in [0.15, 0.2) is 0 Å². The second-order valence-electron chi connectivity index (χ2n) is 3.61. The Morgan fingerprint density at radius 1 is 1.69 bits per heavy atom. The van der Waals surface area contributed by atoms with Crippen LogP contribution in [0, 0.1) is 6.92 Å². The molecule has 2 heterocycles. The summed E-state index contributed by atoms with van der Waals surface area (Å²) in [6.45, 7) is 3.44. The van der Waals surface area contributed by atoms with E-state index in [-0.39, 0.29) is 5.54 Å². The van der Waals surface area contributed by atoms with E-state index in [2.05, 4.69) is 4.98 Å². The van der Waals surface area contributed by atoms with Crippen molar-refractivity contribution in [3.63, 3.8) is 0 Å². The summed E-state index contributed by atoms with van der Waals surface area (Å²) in [5.74, 6) is 0. The lowest BCUT2D eigenvalue weighted by Crippen LogP contribution is -2.44. The predicted molar refractivity (Wildman–Crippen MR) is 52.8 cm³/mol. The fourth-order valence-corrected chi connectivity index (χ4v) is 2.49. The molecule has 1 atom stereocenters. The topological polar surface area (TPSA) is 48.1 Å². The Labute approximate surface area is 81.9 Å². The zero-order valence-electron chi connectivity index (χ0n) is 7.75. The van der Waals surface area contributed by atoms with Crippen LogP contribution in [0.5, 0.6) is 0 Å². The maximum Gasteiger partial charge on any atom is 0.115 e. The summed E-state index contributed by atoms with van der Waals surface area (Å²) in [5.41, 5.74) is 6.95. The number of nitrogens with zero attached hydrogens (tertiary/aromatic N) is 1. The molecular weight excluding hydrogens is 184 g/mol. The van der Waals surface area contributed by atoms with Crippen LogP contribution in [0.2, 0.25) is 0 Å². The summed E-state index contributed by atoms with van der Waals surface area (Å²) < 4.78 is 5.39. The summed E-state index contributed by atoms with van der Waals surface area (Å²) >= 11 is 1.64. The Morgan fingerprint density at radius 3 is 3.08 bits per heavy atom. The summed E-state index contributed by atoms with van der Waals surface area (Å²) in [5, 5.41) is 3.06. The molecule has 1 fully saturated rings. The van der Waals surface area contributed by atoms with Gasteiger partial charge in [-0.2, -0.15) is 0 Å². The zero-order valence-corrected chi connectivity index (χ0v) is 8.56. The normalized spacial score (nSPS) is 29.1. The lowest BCUT2D eigenvalue weighted by molar-refractivity contribution is 0.0365. The van der Waals surface area contributed by atoms with Gasteiger partial charge in [0.05, 0.1) is 12.1 Å². The number of nitrogens with two attached hydrogens (primary N) is 1. The lowest BCUT2D eigenvalue weighted by atomic mass is 9.95. The first-order valence-corrected chi connectivity index (χ1v) is 5.38. The van der Waals surface area contributed by atoms with E-state index in [1.807, 2.05) is 12.3 Å². The number of thiazole rings is 1. The van der Waals surface area contributed by atoms with E-state index in [0.29, 0.717) is 6.61 Å². The second-order valence-corrected chi connectivity index (χ2v) is 4.46. The average Bonchev–Trinajstić information content (AvgIpc) is 2.54. The van der Waals surface area contributed by atoms with Crippen LogP contribution in [0.1, 0.15) is 23.5 Å². The molecule has 13 heavy (non-hydrogen) atoms. The van der Waals surface area contributed by atoms with Crippen molar-refractivity contribution in [2.75, 3.05) is 13.2 Å². The average molecular weight is 198 g/mol. The molecule has 2 N–H and O–H groups in total. The van der Waals surface area contributed by atoms with Crippen LogP contribution in [0.3, 0.4) is 0 Å². The molecule has 4 heteroatoms. The molecule has 0 saturated carbocycles. The first-order valence-electron chi connectivity index (χ1n) is 4.50. The highest BCUT2D eigenvalue weighted by Gasteiger charge is 2.32. The fourth-order valence-electron chi connectivity index (χ4n) is 1.57. The van der Waals surface area contributed by atoms with E-state index in [1.165, 1.54) is 0 Å². The van der Waals surface area contributed by atoms with Crippen molar-refractivity contribution < 1.29 is 4.74 Å². The predicted octanol–water partition coefficient (Wildman–Crippen LogP) is 1.42. The smallest absolute Gasteiger partial charge is 0.115 e. The Bertz CT molecular complexity index is 292. The number of hydrogen-bond acceptors (Lipinski definition) is 4. The zero-order chi connectivity index (χ0) is 9.31. The van der Waals surface area contributed by atoms with Gasteiger partial charge in [-0.05, 0) is 19.8 Å². The van der Waals surface area contributed by atoms with Gasteiger partial charge in [-0.25, -0.2) is 4.98 Å². The van der Waals surface area contributed by atoms with Crippen molar-refractivity contribution in [1.82, 2.24) is 4.98 Å². The molecule has 1 aliphatic heterocycles. The molecule has 1 aromatic heterocycles. The summed E-state index contributed by atoms with van der Waals surface area (Å²) in [7, 11) is 0. The standard InChI is InChI=1S/C9H14N2OS/c1-7-5-13-8(11-7)9(10)3-2-4-12-6-9/h5H,2-4,6,10H2,1H3. The highest BCUT2D eigenvalue weighted by molar-refractivity contribution is 7.09. The van der Waals surface area contributed by atoms with Gasteiger partial charge in [-0.1, -0.05) is 0 Å². The first kappa shape index (κ1) is 9.12. The highest BCUT2D eigenvalue weighted by atomic mass is 32.1. The van der Waals surface area contributed by atoms with E-state index >= 15 is 0 Å². The molecule has 1 unspecified atom stereocenters. The highest BCUT2D eigenvalue weighted by Crippen LogP contribution is 2.29. The molecule has 1 aliphatic rings. The van der Waals surface area contributed by atoms with Crippen molar-refractivity contribution in [3.8, 4) is 0 Å². The summed E-state index contributed by atoms with van der Waals surface area (Å²) in [4.78, 5) is 4.42. The van der Waals surface area contributed by atoms with Gasteiger partial charge in [0.2, 0.25) is 0 Å². The third kappa shape index (κ3) is 1.75. The number of rotatable bonds is 1. The minimum atomic E-state index is -0.322. The lowest BCUT2D eigenvalue weighted by Gasteiger charge is -2.31. The van der Waals surface area contributed by atoms with Gasteiger partial charge in [-0.15, -0.1) is 11.3 Å². The van der Waals surface area contributed by atoms with Gasteiger partial charge in [-0.3, -0.25) is 0 Å². The van der Waals surface area contributed by atoms with Crippen LogP contribution in [0.25, 0.3) is 0 Å². The molecule has 2 rings (SSSR count). The third-order valence-electron chi connectivity index (χ3n) is 2.32. The van der Waals surface area contributed by atoms with Crippen LogP contribution in [-0.2, 0) is 10.3 Å². The van der Waals surface area contributed by atoms with Gasteiger partial charge in [0.25, 0.3) is 0 Å². The molecule has 1 saturated heterocycles. The maximum atomic E-state index is 6.22. The van der Waals surface area contributed by atoms with E-state index in [9.17, 15) is 0 Å². The van der Waals surface area contributed by atoms with Gasteiger partial charge < -0.3 is 10.5 Å². The van der Waals surface area contributed by atoms with Gasteiger partial charge >= 0.3 is 0 Å². The summed E-state index contributed by atoms with van der Waals surface area (Å²) in [6, 6.07) is 0. The minimum absolute atomic E-state index is 0.322. The van der Waals surface area contributed by atoms with E-state index in [4.69, 9.17) is 10.5 Å². The Morgan fingerprint density at radius 2 is 2.54 bits per heavy atom. The SMILES string of the molecule is Cc1csc(C2(N)CCCOC2)n1. The molecule has 0 bridgehead atoms. The number of aryl methyl sites for hydroxylation is 1. The first-order chi connectivity index (χ1) is 6.21. The quantitative estimate of drug-likeness (QED) is 0.742. The van der Waals surface area contributed by atoms with Crippen molar-refractivity contribution in [3.05, 3.63) is 16.1 Å². The largest absolute Gasteiger partial charge is 0.379 e. The molecule has 3 nitrogen and oxygen atoms in total. The molecule has 0 spiro atoms. The molecule has 0 radical (unpaired) electrons. The van der Waals surface area contributed by atoms with Crippen LogP contribution < -0.4 is 5.73 Å². The molecule has 72 valence electrons. The molecule has 0 amide bonds. The van der Waals surface area contributed by atoms with Crippen molar-refractivity contribution >= 4 is 11.3 Å². The van der Waals surface area contributed by atoms with E-state index in [0.717, 1.165) is 30.2 Å². The number of ether oxygens (including phenoxy) is 1. The summed E-state index contributed by atoms with van der Waals surface area (Å²) in [6.07, 6.45) is 2.02. The van der Waals surface area contributed by atoms with Crippen LogP contribution in [-0.4, -0.2) is 18.2 Å². The van der Waals surface area contributed by atoms with Crippen molar-refractivity contribution in [1.29, 1.82) is 0 Å². The Kier molecular flexibility index (Phi) is 2.36. The van der Waals surface area contributed by atoms with Crippen LogP contribution >= 0.6 is 11.3 Å². The fraction of sp³-hybridized carbons (Fsp3) is 0.667. The van der Waals surface area contributed by atoms with E-state index < -0.39 is 0 Å². The van der Waals surface area contributed by atoms with Crippen molar-refractivity contribution in [2.45, 2.75) is 25.3 Å². The van der Waals surface area contributed by atoms with Crippen molar-refractivity contribution in [2.24, 2.45) is 5.73 Å². The van der Waals surface area contributed by atoms with Crippen LogP contribution in [0.15, 0.2) is 5.38 Å². The minimum Gasteiger partial charge on any atom is -0.379 e. The van der Waals surface area contributed by atoms with E-state index in [1.54, 1.807) is 11.3 Å². The Balaban J connectivity index is 2.22. The third-order valence-corrected chi connectivity index (χ3v) is 3.50. The van der Waals surface area contributed by atoms with Crippen LogP contribution in [0.4, 0.5) is 0 Å². The monoisotopic (exact) mass is 198 g/mol. The maximum absolute atomic E-state index is 6.22. The number of aromatic nitrogens is 1.